The van der Waals surface area contributed by atoms with Gasteiger partial charge in [0.05, 0.1) is 19.8 Å². The molecule has 5 heteroatoms. The minimum atomic E-state index is -0.127. The van der Waals surface area contributed by atoms with E-state index in [1.807, 2.05) is 72.8 Å². The molecule has 0 heterocycles. The van der Waals surface area contributed by atoms with E-state index < -0.39 is 0 Å². The Morgan fingerprint density at radius 1 is 0.611 bits per heavy atom. The second-order valence-corrected chi connectivity index (χ2v) is 8.48. The number of aryl methyl sites for hydroxylation is 1. The van der Waals surface area contributed by atoms with E-state index in [1.165, 1.54) is 11.1 Å². The van der Waals surface area contributed by atoms with E-state index in [9.17, 15) is 4.79 Å². The summed E-state index contributed by atoms with van der Waals surface area (Å²) in [6.07, 6.45) is 2.79. The van der Waals surface area contributed by atoms with Crippen LogP contribution in [0.1, 0.15) is 17.5 Å². The third-order valence-corrected chi connectivity index (χ3v) is 5.65. The molecule has 0 unspecified atom stereocenters. The predicted octanol–water partition coefficient (Wildman–Crippen LogP) is 6.37. The Bertz CT molecular complexity index is 1200. The summed E-state index contributed by atoms with van der Waals surface area (Å²) in [6.45, 7) is 1.41. The summed E-state index contributed by atoms with van der Waals surface area (Å²) in [4.78, 5) is 12.4. The average molecular weight is 481 g/mol. The zero-order valence-electron chi connectivity index (χ0n) is 20.4. The summed E-state index contributed by atoms with van der Waals surface area (Å²) in [7, 11) is 0. The summed E-state index contributed by atoms with van der Waals surface area (Å²) < 4.78 is 11.7. The molecular formula is C31H32N2O3. The normalized spacial score (nSPS) is 10.4. The van der Waals surface area contributed by atoms with Crippen LogP contribution in [0.25, 0.3) is 0 Å². The van der Waals surface area contributed by atoms with Crippen molar-refractivity contribution in [1.29, 1.82) is 0 Å². The Balaban J connectivity index is 1.15. The van der Waals surface area contributed by atoms with Crippen molar-refractivity contribution in [2.75, 3.05) is 30.4 Å². The highest BCUT2D eigenvalue weighted by Gasteiger charge is 2.05. The van der Waals surface area contributed by atoms with Gasteiger partial charge in [0, 0.05) is 23.9 Å². The van der Waals surface area contributed by atoms with Crippen molar-refractivity contribution in [1.82, 2.24) is 0 Å². The molecule has 1 amide bonds. The standard InChI is InChI=1S/C31H32N2O3/c34-31(33-28-14-7-15-30(23-28)36-22-20-26-11-5-2-6-12-26)24-32-27-16-18-29(19-17-27)35-21-8-13-25-9-3-1-4-10-25/h1-7,9-12,14-19,23,32H,8,13,20-22,24H2,(H,33,34). The highest BCUT2D eigenvalue weighted by molar-refractivity contribution is 5.93. The number of anilines is 2. The third kappa shape index (κ3) is 8.51. The van der Waals surface area contributed by atoms with Crippen LogP contribution in [0.4, 0.5) is 11.4 Å². The smallest absolute Gasteiger partial charge is 0.243 e. The van der Waals surface area contributed by atoms with Crippen LogP contribution in [-0.2, 0) is 17.6 Å². The van der Waals surface area contributed by atoms with Crippen LogP contribution in [0.5, 0.6) is 11.5 Å². The largest absolute Gasteiger partial charge is 0.494 e. The van der Waals surface area contributed by atoms with Crippen LogP contribution in [0, 0.1) is 0 Å². The topological polar surface area (TPSA) is 59.6 Å². The molecule has 5 nitrogen and oxygen atoms in total. The molecule has 0 aliphatic rings. The molecule has 4 aromatic rings. The van der Waals surface area contributed by atoms with E-state index in [4.69, 9.17) is 9.47 Å². The molecule has 36 heavy (non-hydrogen) atoms. The SMILES string of the molecule is O=C(CNc1ccc(OCCCc2ccccc2)cc1)Nc1cccc(OCCc2ccccc2)c1. The van der Waals surface area contributed by atoms with Gasteiger partial charge in [-0.15, -0.1) is 0 Å². The van der Waals surface area contributed by atoms with Gasteiger partial charge in [-0.05, 0) is 60.4 Å². The first-order valence-corrected chi connectivity index (χ1v) is 12.3. The molecule has 0 bridgehead atoms. The predicted molar refractivity (Wildman–Crippen MR) is 146 cm³/mol. The van der Waals surface area contributed by atoms with Gasteiger partial charge in [0.2, 0.25) is 5.91 Å². The Labute approximate surface area is 213 Å². The van der Waals surface area contributed by atoms with Crippen molar-refractivity contribution < 1.29 is 14.3 Å². The zero-order valence-corrected chi connectivity index (χ0v) is 20.4. The molecule has 2 N–H and O–H groups in total. The number of rotatable bonds is 13. The van der Waals surface area contributed by atoms with Crippen LogP contribution in [0.15, 0.2) is 109 Å². The maximum atomic E-state index is 12.4. The van der Waals surface area contributed by atoms with Gasteiger partial charge in [-0.3, -0.25) is 4.79 Å². The van der Waals surface area contributed by atoms with Crippen molar-refractivity contribution in [2.45, 2.75) is 19.3 Å². The first-order chi connectivity index (χ1) is 17.7. The van der Waals surface area contributed by atoms with Crippen molar-refractivity contribution in [2.24, 2.45) is 0 Å². The second-order valence-electron chi connectivity index (χ2n) is 8.48. The Morgan fingerprint density at radius 3 is 2.00 bits per heavy atom. The first-order valence-electron chi connectivity index (χ1n) is 12.3. The number of carbonyl (C=O) groups excluding carboxylic acids is 1. The molecule has 0 aliphatic heterocycles. The number of hydrogen-bond donors (Lipinski definition) is 2. The van der Waals surface area contributed by atoms with Crippen molar-refractivity contribution >= 4 is 17.3 Å². The minimum Gasteiger partial charge on any atom is -0.494 e. The van der Waals surface area contributed by atoms with E-state index in [2.05, 4.69) is 47.0 Å². The number of carbonyl (C=O) groups is 1. The Hall–Kier alpha value is -4.25. The fourth-order valence-corrected chi connectivity index (χ4v) is 3.76. The summed E-state index contributed by atoms with van der Waals surface area (Å²) in [6, 6.07) is 35.8. The maximum Gasteiger partial charge on any atom is 0.243 e. The molecule has 184 valence electrons. The van der Waals surface area contributed by atoms with E-state index in [0.29, 0.717) is 18.9 Å². The van der Waals surface area contributed by atoms with Gasteiger partial charge >= 0.3 is 0 Å². The number of benzene rings is 4. The minimum absolute atomic E-state index is 0.127. The molecule has 0 fully saturated rings. The maximum absolute atomic E-state index is 12.4. The number of nitrogens with one attached hydrogen (secondary N) is 2. The lowest BCUT2D eigenvalue weighted by Crippen LogP contribution is -2.21. The molecule has 0 radical (unpaired) electrons. The highest BCUT2D eigenvalue weighted by Crippen LogP contribution is 2.19. The average Bonchev–Trinajstić information content (AvgIpc) is 2.92. The van der Waals surface area contributed by atoms with Crippen molar-refractivity contribution in [3.8, 4) is 11.5 Å². The number of ether oxygens (including phenoxy) is 2. The number of amides is 1. The molecule has 4 rings (SSSR count). The lowest BCUT2D eigenvalue weighted by molar-refractivity contribution is -0.114. The lowest BCUT2D eigenvalue weighted by Gasteiger charge is -2.11. The Kier molecular flexibility index (Phi) is 9.39. The molecule has 0 saturated carbocycles. The zero-order chi connectivity index (χ0) is 24.8. The van der Waals surface area contributed by atoms with E-state index in [-0.39, 0.29) is 12.5 Å². The monoisotopic (exact) mass is 480 g/mol. The van der Waals surface area contributed by atoms with Crippen molar-refractivity contribution in [3.05, 3.63) is 120 Å². The highest BCUT2D eigenvalue weighted by atomic mass is 16.5. The molecule has 0 spiro atoms. The third-order valence-electron chi connectivity index (χ3n) is 5.65. The summed E-state index contributed by atoms with van der Waals surface area (Å²) in [5, 5.41) is 6.06. The van der Waals surface area contributed by atoms with Gasteiger partial charge in [0.25, 0.3) is 0 Å². The van der Waals surface area contributed by atoms with Gasteiger partial charge in [-0.1, -0.05) is 66.7 Å². The molecule has 0 saturated heterocycles. The molecule has 0 aromatic heterocycles. The van der Waals surface area contributed by atoms with Crippen LogP contribution < -0.4 is 20.1 Å². The van der Waals surface area contributed by atoms with E-state index in [0.717, 1.165) is 36.4 Å². The van der Waals surface area contributed by atoms with E-state index >= 15 is 0 Å². The van der Waals surface area contributed by atoms with Crippen LogP contribution in [-0.4, -0.2) is 25.7 Å². The summed E-state index contributed by atoms with van der Waals surface area (Å²) >= 11 is 0. The lowest BCUT2D eigenvalue weighted by atomic mass is 10.1. The molecule has 4 aromatic carbocycles. The van der Waals surface area contributed by atoms with Crippen LogP contribution >= 0.6 is 0 Å². The van der Waals surface area contributed by atoms with Gasteiger partial charge in [-0.2, -0.15) is 0 Å². The summed E-state index contributed by atoms with van der Waals surface area (Å²) in [5.41, 5.74) is 4.12. The van der Waals surface area contributed by atoms with Crippen LogP contribution in [0.2, 0.25) is 0 Å². The Morgan fingerprint density at radius 2 is 1.28 bits per heavy atom. The first kappa shape index (κ1) is 24.9. The summed E-state index contributed by atoms with van der Waals surface area (Å²) in [5.74, 6) is 1.43. The van der Waals surface area contributed by atoms with Gasteiger partial charge in [0.1, 0.15) is 11.5 Å². The van der Waals surface area contributed by atoms with Gasteiger partial charge < -0.3 is 20.1 Å². The van der Waals surface area contributed by atoms with Crippen molar-refractivity contribution in [3.63, 3.8) is 0 Å². The molecular weight excluding hydrogens is 448 g/mol. The van der Waals surface area contributed by atoms with Gasteiger partial charge in [0.15, 0.2) is 0 Å². The quantitative estimate of drug-likeness (QED) is 0.218. The molecule has 0 aliphatic carbocycles. The van der Waals surface area contributed by atoms with Gasteiger partial charge in [-0.25, -0.2) is 0 Å². The number of hydrogen-bond acceptors (Lipinski definition) is 4. The van der Waals surface area contributed by atoms with E-state index in [1.54, 1.807) is 0 Å². The fraction of sp³-hybridized carbons (Fsp3) is 0.194. The second kappa shape index (κ2) is 13.6. The fourth-order valence-electron chi connectivity index (χ4n) is 3.76. The molecule has 0 atom stereocenters. The van der Waals surface area contributed by atoms with Crippen LogP contribution in [0.3, 0.4) is 0 Å².